The van der Waals surface area contributed by atoms with Gasteiger partial charge in [0.25, 0.3) is 0 Å². The number of carboxylic acid groups (broad SMARTS) is 1. The van der Waals surface area contributed by atoms with Crippen LogP contribution in [0.3, 0.4) is 0 Å². The van der Waals surface area contributed by atoms with Crippen molar-refractivity contribution in [2.24, 2.45) is 11.7 Å². The van der Waals surface area contributed by atoms with Gasteiger partial charge in [0.05, 0.1) is 12.6 Å². The quantitative estimate of drug-likeness (QED) is 0.123. The van der Waals surface area contributed by atoms with Crippen molar-refractivity contribution in [1.82, 2.24) is 20.2 Å². The number of hydrogen-bond acceptors (Lipinski definition) is 8. The summed E-state index contributed by atoms with van der Waals surface area (Å²) >= 11 is 0. The molecule has 0 aromatic carbocycles. The lowest BCUT2D eigenvalue weighted by Crippen LogP contribution is -2.54. The normalized spacial score (nSPS) is 13.6. The largest absolute Gasteiger partial charge is 0.481 e. The highest BCUT2D eigenvalue weighted by atomic mass is 16.6. The first kappa shape index (κ1) is 30.0. The Labute approximate surface area is 204 Å². The second-order valence-electron chi connectivity index (χ2n) is 8.41. The van der Waals surface area contributed by atoms with E-state index in [-0.39, 0.29) is 24.2 Å². The van der Waals surface area contributed by atoms with E-state index in [0.717, 1.165) is 0 Å². The molecule has 0 spiro atoms. The molecule has 198 valence electrons. The van der Waals surface area contributed by atoms with E-state index in [2.05, 4.69) is 15.6 Å². The van der Waals surface area contributed by atoms with Crippen molar-refractivity contribution < 1.29 is 29.2 Å². The monoisotopic (exact) mass is 498 g/mol. The Hall–Kier alpha value is -3.06. The second kappa shape index (κ2) is 16.5. The summed E-state index contributed by atoms with van der Waals surface area (Å²) in [6.45, 7) is 5.38. The van der Waals surface area contributed by atoms with Crippen molar-refractivity contribution in [3.8, 4) is 0 Å². The number of carbonyl (C=O) groups is 3. The summed E-state index contributed by atoms with van der Waals surface area (Å²) in [5.74, 6) is -1.94. The van der Waals surface area contributed by atoms with Crippen LogP contribution in [0.5, 0.6) is 0 Å². The zero-order valence-corrected chi connectivity index (χ0v) is 20.5. The molecule has 2 amide bonds. The molecule has 0 aliphatic heterocycles. The standard InChI is InChI=1S/C22H38N6O7/c1-3-16(2)19(21(32)24-10-7-15-35-14-5-4-9-18(29)30)26-20(31)17(23)8-6-12-27-13-11-25-22(27)28(33)34/h11,13,16-17,19H,3-10,12,14-15,23H2,1-2H3,(H,24,32)(H,26,31)(H,29,30)/t16-,17-,19-/m0/s1. The Bertz CT molecular complexity index is 816. The number of unbranched alkanes of at least 4 members (excludes halogenated alkanes) is 1. The number of nitrogens with zero attached hydrogens (tertiary/aromatic N) is 3. The van der Waals surface area contributed by atoms with Gasteiger partial charge in [-0.25, -0.2) is 4.57 Å². The van der Waals surface area contributed by atoms with Crippen LogP contribution in [0, 0.1) is 16.0 Å². The molecule has 1 aromatic rings. The smallest absolute Gasteiger partial charge is 0.434 e. The van der Waals surface area contributed by atoms with Gasteiger partial charge in [0.2, 0.25) is 11.8 Å². The van der Waals surface area contributed by atoms with E-state index in [1.54, 1.807) is 0 Å². The Morgan fingerprint density at radius 2 is 1.94 bits per heavy atom. The van der Waals surface area contributed by atoms with Gasteiger partial charge in [-0.15, -0.1) is 0 Å². The van der Waals surface area contributed by atoms with E-state index in [9.17, 15) is 24.5 Å². The number of nitrogens with one attached hydrogen (secondary N) is 2. The molecule has 0 fully saturated rings. The number of carbonyl (C=O) groups excluding carboxylic acids is 2. The van der Waals surface area contributed by atoms with Crippen LogP contribution in [-0.2, 0) is 25.7 Å². The van der Waals surface area contributed by atoms with Gasteiger partial charge >= 0.3 is 11.9 Å². The molecule has 1 aromatic heterocycles. The summed E-state index contributed by atoms with van der Waals surface area (Å²) in [6.07, 6.45) is 6.19. The maximum atomic E-state index is 12.7. The van der Waals surface area contributed by atoms with Crippen LogP contribution < -0.4 is 16.4 Å². The Morgan fingerprint density at radius 1 is 1.23 bits per heavy atom. The molecule has 1 rings (SSSR count). The van der Waals surface area contributed by atoms with E-state index in [1.807, 2.05) is 13.8 Å². The van der Waals surface area contributed by atoms with Crippen molar-refractivity contribution >= 4 is 23.7 Å². The third kappa shape index (κ3) is 11.8. The number of ether oxygens (including phenoxy) is 1. The highest BCUT2D eigenvalue weighted by Crippen LogP contribution is 2.11. The third-order valence-corrected chi connectivity index (χ3v) is 5.59. The van der Waals surface area contributed by atoms with Gasteiger partial charge in [-0.1, -0.05) is 25.3 Å². The predicted molar refractivity (Wildman–Crippen MR) is 127 cm³/mol. The number of aromatic nitrogens is 2. The molecule has 35 heavy (non-hydrogen) atoms. The van der Waals surface area contributed by atoms with Crippen LogP contribution in [0.25, 0.3) is 0 Å². The van der Waals surface area contributed by atoms with Crippen molar-refractivity contribution in [1.29, 1.82) is 0 Å². The Balaban J connectivity index is 2.38. The molecule has 0 saturated carbocycles. The van der Waals surface area contributed by atoms with Gasteiger partial charge < -0.3 is 36.3 Å². The van der Waals surface area contributed by atoms with Crippen LogP contribution in [-0.4, -0.2) is 69.2 Å². The second-order valence-corrected chi connectivity index (χ2v) is 8.41. The van der Waals surface area contributed by atoms with E-state index in [0.29, 0.717) is 64.8 Å². The number of carboxylic acids is 1. The predicted octanol–water partition coefficient (Wildman–Crippen LogP) is 1.21. The molecule has 0 saturated heterocycles. The molecule has 3 atom stereocenters. The van der Waals surface area contributed by atoms with Crippen molar-refractivity contribution in [2.75, 3.05) is 19.8 Å². The van der Waals surface area contributed by atoms with Gasteiger partial charge in [-0.3, -0.25) is 14.4 Å². The third-order valence-electron chi connectivity index (χ3n) is 5.59. The summed E-state index contributed by atoms with van der Waals surface area (Å²) < 4.78 is 6.82. The van der Waals surface area contributed by atoms with Gasteiger partial charge in [0.1, 0.15) is 18.4 Å². The fourth-order valence-electron chi connectivity index (χ4n) is 3.30. The van der Waals surface area contributed by atoms with E-state index >= 15 is 0 Å². The number of amides is 2. The van der Waals surface area contributed by atoms with Crippen LogP contribution in [0.15, 0.2) is 12.4 Å². The summed E-state index contributed by atoms with van der Waals surface area (Å²) in [7, 11) is 0. The van der Waals surface area contributed by atoms with Gasteiger partial charge in [0.15, 0.2) is 0 Å². The molecular formula is C22H38N6O7. The van der Waals surface area contributed by atoms with Crippen molar-refractivity contribution in [3.05, 3.63) is 22.5 Å². The minimum absolute atomic E-state index is 0.106. The van der Waals surface area contributed by atoms with Crippen LogP contribution in [0.2, 0.25) is 0 Å². The Morgan fingerprint density at radius 3 is 2.60 bits per heavy atom. The van der Waals surface area contributed by atoms with Gasteiger partial charge in [-0.05, 0) is 42.9 Å². The fourth-order valence-corrected chi connectivity index (χ4v) is 3.30. The Kier molecular flexibility index (Phi) is 14.2. The number of hydrogen-bond donors (Lipinski definition) is 4. The number of rotatable bonds is 19. The molecular weight excluding hydrogens is 460 g/mol. The lowest BCUT2D eigenvalue weighted by atomic mass is 9.97. The maximum absolute atomic E-state index is 12.7. The van der Waals surface area contributed by atoms with E-state index in [1.165, 1.54) is 17.0 Å². The van der Waals surface area contributed by atoms with Crippen LogP contribution in [0.1, 0.15) is 58.8 Å². The molecule has 0 aliphatic carbocycles. The van der Waals surface area contributed by atoms with Crippen molar-refractivity contribution in [3.63, 3.8) is 0 Å². The average molecular weight is 499 g/mol. The maximum Gasteiger partial charge on any atom is 0.434 e. The molecule has 0 radical (unpaired) electrons. The summed E-state index contributed by atoms with van der Waals surface area (Å²) in [5.41, 5.74) is 6.00. The molecule has 0 unspecified atom stereocenters. The van der Waals surface area contributed by atoms with Gasteiger partial charge in [0, 0.05) is 26.2 Å². The summed E-state index contributed by atoms with van der Waals surface area (Å²) in [4.78, 5) is 49.7. The minimum atomic E-state index is -0.855. The molecule has 13 heteroatoms. The molecule has 5 N–H and O–H groups in total. The minimum Gasteiger partial charge on any atom is -0.481 e. The lowest BCUT2D eigenvalue weighted by Gasteiger charge is -2.25. The molecule has 0 aliphatic rings. The van der Waals surface area contributed by atoms with Gasteiger partial charge in [-0.2, -0.15) is 0 Å². The zero-order chi connectivity index (χ0) is 26.2. The molecule has 0 bridgehead atoms. The number of imidazole rings is 1. The van der Waals surface area contributed by atoms with Crippen molar-refractivity contribution in [2.45, 2.75) is 77.4 Å². The summed E-state index contributed by atoms with van der Waals surface area (Å²) in [6, 6.07) is -1.59. The first-order valence-corrected chi connectivity index (χ1v) is 12.0. The number of nitrogens with two attached hydrogens (primary N) is 1. The number of aryl methyl sites for hydroxylation is 1. The fraction of sp³-hybridized carbons (Fsp3) is 0.727. The molecule has 1 heterocycles. The number of nitro groups is 1. The first-order chi connectivity index (χ1) is 16.7. The first-order valence-electron chi connectivity index (χ1n) is 12.0. The zero-order valence-electron chi connectivity index (χ0n) is 20.5. The SMILES string of the molecule is CC[C@H](C)[C@H](NC(=O)[C@@H](N)CCCn1ccnc1[N+](=O)[O-])C(=O)NCCCOCCCCC(=O)O. The topological polar surface area (TPSA) is 192 Å². The van der Waals surface area contributed by atoms with E-state index in [4.69, 9.17) is 15.6 Å². The summed E-state index contributed by atoms with van der Waals surface area (Å²) in [5, 5.41) is 25.1. The van der Waals surface area contributed by atoms with Crippen LogP contribution in [0.4, 0.5) is 5.95 Å². The molecule has 13 nitrogen and oxygen atoms in total. The van der Waals surface area contributed by atoms with Crippen LogP contribution >= 0.6 is 0 Å². The number of aliphatic carboxylic acids is 1. The highest BCUT2D eigenvalue weighted by Gasteiger charge is 2.27. The highest BCUT2D eigenvalue weighted by molar-refractivity contribution is 5.89. The van der Waals surface area contributed by atoms with E-state index < -0.39 is 28.9 Å². The average Bonchev–Trinajstić information content (AvgIpc) is 3.29. The lowest BCUT2D eigenvalue weighted by molar-refractivity contribution is -0.396.